The molecule has 7 heteroatoms. The van der Waals surface area contributed by atoms with Gasteiger partial charge in [-0.3, -0.25) is 0 Å². The molecule has 0 aliphatic heterocycles. The number of benzene rings is 1. The molecule has 0 saturated carbocycles. The number of nitrogens with zero attached hydrogens (tertiary/aromatic N) is 3. The van der Waals surface area contributed by atoms with Gasteiger partial charge in [0.2, 0.25) is 0 Å². The van der Waals surface area contributed by atoms with Crippen LogP contribution in [0.3, 0.4) is 0 Å². The smallest absolute Gasteiger partial charge is 0.377 e. The van der Waals surface area contributed by atoms with Crippen LogP contribution in [-0.2, 0) is 4.74 Å². The number of esters is 1. The van der Waals surface area contributed by atoms with Crippen LogP contribution in [0.2, 0.25) is 0 Å². The molecule has 1 atom stereocenters. The summed E-state index contributed by atoms with van der Waals surface area (Å²) in [4.78, 5) is 15.4. The first-order valence-corrected chi connectivity index (χ1v) is 6.83. The van der Waals surface area contributed by atoms with E-state index in [1.165, 1.54) is 13.4 Å². The second-order valence-corrected chi connectivity index (χ2v) is 5.13. The highest BCUT2D eigenvalue weighted by molar-refractivity contribution is 9.10. The highest BCUT2D eigenvalue weighted by Gasteiger charge is 2.16. The molecule has 2 rings (SSSR count). The van der Waals surface area contributed by atoms with E-state index in [9.17, 15) is 4.79 Å². The van der Waals surface area contributed by atoms with Crippen LogP contribution < -0.4 is 5.32 Å². The van der Waals surface area contributed by atoms with Gasteiger partial charge in [0.05, 0.1) is 12.8 Å². The molecule has 0 aliphatic carbocycles. The van der Waals surface area contributed by atoms with Crippen LogP contribution in [0.15, 0.2) is 29.0 Å². The molecule has 6 nitrogen and oxygen atoms in total. The van der Waals surface area contributed by atoms with Gasteiger partial charge in [-0.2, -0.15) is 0 Å². The summed E-state index contributed by atoms with van der Waals surface area (Å²) in [5.41, 5.74) is 1.90. The number of hydrogen-bond donors (Lipinski definition) is 1. The fourth-order valence-electron chi connectivity index (χ4n) is 1.80. The Morgan fingerprint density at radius 3 is 2.90 bits per heavy atom. The summed E-state index contributed by atoms with van der Waals surface area (Å²) < 4.78 is 7.10. The van der Waals surface area contributed by atoms with Crippen LogP contribution in [0.1, 0.15) is 29.1 Å². The molecule has 1 aromatic heterocycles. The molecular weight excluding hydrogens is 324 g/mol. The SMILES string of the molecule is CNC(C)c1ccc(Br)cc1-n1cnc(C(=O)OC)n1. The minimum atomic E-state index is -0.554. The molecule has 0 radical (unpaired) electrons. The molecular formula is C13H15BrN4O2. The number of nitrogens with one attached hydrogen (secondary N) is 1. The predicted octanol–water partition coefficient (Wildman–Crippen LogP) is 2.10. The largest absolute Gasteiger partial charge is 0.463 e. The van der Waals surface area contributed by atoms with E-state index in [-0.39, 0.29) is 11.9 Å². The Morgan fingerprint density at radius 2 is 2.25 bits per heavy atom. The van der Waals surface area contributed by atoms with Crippen LogP contribution in [-0.4, -0.2) is 34.9 Å². The summed E-state index contributed by atoms with van der Waals surface area (Å²) in [7, 11) is 3.19. The number of rotatable bonds is 4. The third-order valence-electron chi connectivity index (χ3n) is 3.00. The van der Waals surface area contributed by atoms with Crippen LogP contribution in [0.25, 0.3) is 5.69 Å². The first kappa shape index (κ1) is 14.7. The lowest BCUT2D eigenvalue weighted by Crippen LogP contribution is -2.15. The summed E-state index contributed by atoms with van der Waals surface area (Å²) >= 11 is 3.44. The normalized spacial score (nSPS) is 12.2. The minimum absolute atomic E-state index is 0.0375. The van der Waals surface area contributed by atoms with E-state index < -0.39 is 5.97 Å². The molecule has 0 aliphatic rings. The Morgan fingerprint density at radius 1 is 1.50 bits per heavy atom. The predicted molar refractivity (Wildman–Crippen MR) is 77.9 cm³/mol. The monoisotopic (exact) mass is 338 g/mol. The highest BCUT2D eigenvalue weighted by atomic mass is 79.9. The summed E-state index contributed by atoms with van der Waals surface area (Å²) in [6.45, 7) is 2.05. The maximum Gasteiger partial charge on any atom is 0.377 e. The number of aromatic nitrogens is 3. The first-order valence-electron chi connectivity index (χ1n) is 6.04. The Hall–Kier alpha value is -1.73. The van der Waals surface area contributed by atoms with Crippen molar-refractivity contribution in [2.24, 2.45) is 0 Å². The van der Waals surface area contributed by atoms with Gasteiger partial charge in [0.25, 0.3) is 5.82 Å². The molecule has 106 valence electrons. The second-order valence-electron chi connectivity index (χ2n) is 4.22. The lowest BCUT2D eigenvalue weighted by Gasteiger charge is -2.15. The van der Waals surface area contributed by atoms with Crippen molar-refractivity contribution < 1.29 is 9.53 Å². The number of hydrogen-bond acceptors (Lipinski definition) is 5. The summed E-state index contributed by atoms with van der Waals surface area (Å²) in [5.74, 6) is -0.516. The fraction of sp³-hybridized carbons (Fsp3) is 0.308. The zero-order valence-electron chi connectivity index (χ0n) is 11.4. The van der Waals surface area contributed by atoms with Gasteiger partial charge in [-0.25, -0.2) is 14.5 Å². The van der Waals surface area contributed by atoms with E-state index in [0.717, 1.165) is 15.7 Å². The zero-order chi connectivity index (χ0) is 14.7. The van der Waals surface area contributed by atoms with Gasteiger partial charge in [-0.05, 0) is 31.7 Å². The molecule has 2 aromatic rings. The number of carbonyl (C=O) groups is 1. The molecule has 0 saturated heterocycles. The van der Waals surface area contributed by atoms with Gasteiger partial charge in [0.1, 0.15) is 6.33 Å². The third-order valence-corrected chi connectivity index (χ3v) is 3.49. The Bertz CT molecular complexity index is 627. The lowest BCUT2D eigenvalue weighted by atomic mass is 10.1. The molecule has 0 fully saturated rings. The van der Waals surface area contributed by atoms with Crippen LogP contribution in [0.4, 0.5) is 0 Å². The molecule has 1 heterocycles. The number of methoxy groups -OCH3 is 1. The van der Waals surface area contributed by atoms with Gasteiger partial charge < -0.3 is 10.1 Å². The van der Waals surface area contributed by atoms with Crippen molar-refractivity contribution >= 4 is 21.9 Å². The Labute approximate surface area is 125 Å². The average Bonchev–Trinajstić information content (AvgIpc) is 2.95. The van der Waals surface area contributed by atoms with Crippen molar-refractivity contribution in [3.63, 3.8) is 0 Å². The molecule has 1 N–H and O–H groups in total. The Balaban J connectivity index is 2.48. The first-order chi connectivity index (χ1) is 9.56. The summed E-state index contributed by atoms with van der Waals surface area (Å²) in [5, 5.41) is 7.34. The zero-order valence-corrected chi connectivity index (χ0v) is 13.0. The van der Waals surface area contributed by atoms with Crippen molar-refractivity contribution in [1.29, 1.82) is 0 Å². The molecule has 1 aromatic carbocycles. The van der Waals surface area contributed by atoms with Crippen LogP contribution >= 0.6 is 15.9 Å². The fourth-order valence-corrected chi connectivity index (χ4v) is 2.15. The van der Waals surface area contributed by atoms with Crippen molar-refractivity contribution in [3.8, 4) is 5.69 Å². The molecule has 0 amide bonds. The number of carbonyl (C=O) groups excluding carboxylic acids is 1. The van der Waals surface area contributed by atoms with E-state index in [0.29, 0.717) is 0 Å². The Kier molecular flexibility index (Phi) is 4.51. The van der Waals surface area contributed by atoms with E-state index in [2.05, 4.69) is 36.1 Å². The van der Waals surface area contributed by atoms with Crippen molar-refractivity contribution in [2.45, 2.75) is 13.0 Å². The van der Waals surface area contributed by atoms with E-state index in [1.54, 1.807) is 4.68 Å². The number of ether oxygens (including phenoxy) is 1. The van der Waals surface area contributed by atoms with E-state index >= 15 is 0 Å². The van der Waals surface area contributed by atoms with Gasteiger partial charge in [0, 0.05) is 10.5 Å². The molecule has 1 unspecified atom stereocenters. The topological polar surface area (TPSA) is 69.0 Å². The highest BCUT2D eigenvalue weighted by Crippen LogP contribution is 2.24. The quantitative estimate of drug-likeness (QED) is 0.864. The number of halogens is 1. The molecule has 0 spiro atoms. The molecule has 0 bridgehead atoms. The lowest BCUT2D eigenvalue weighted by molar-refractivity contribution is 0.0587. The van der Waals surface area contributed by atoms with E-state index in [1.807, 2.05) is 32.2 Å². The van der Waals surface area contributed by atoms with Gasteiger partial charge >= 0.3 is 5.97 Å². The van der Waals surface area contributed by atoms with Gasteiger partial charge in [-0.15, -0.1) is 5.10 Å². The second kappa shape index (κ2) is 6.15. The third kappa shape index (κ3) is 2.88. The van der Waals surface area contributed by atoms with Crippen molar-refractivity contribution in [1.82, 2.24) is 20.1 Å². The van der Waals surface area contributed by atoms with Crippen LogP contribution in [0.5, 0.6) is 0 Å². The summed E-state index contributed by atoms with van der Waals surface area (Å²) in [6.07, 6.45) is 1.50. The maximum absolute atomic E-state index is 11.4. The van der Waals surface area contributed by atoms with E-state index in [4.69, 9.17) is 0 Å². The molecule has 20 heavy (non-hydrogen) atoms. The standard InChI is InChI=1S/C13H15BrN4O2/c1-8(15-2)10-5-4-9(14)6-11(10)18-7-16-12(17-18)13(19)20-3/h4-8,15H,1-3H3. The van der Waals surface area contributed by atoms with Crippen LogP contribution in [0, 0.1) is 0 Å². The van der Waals surface area contributed by atoms with Gasteiger partial charge in [-0.1, -0.05) is 22.0 Å². The van der Waals surface area contributed by atoms with Crippen molar-refractivity contribution in [3.05, 3.63) is 40.4 Å². The average molecular weight is 339 g/mol. The van der Waals surface area contributed by atoms with Gasteiger partial charge in [0.15, 0.2) is 0 Å². The minimum Gasteiger partial charge on any atom is -0.463 e. The van der Waals surface area contributed by atoms with Crippen molar-refractivity contribution in [2.75, 3.05) is 14.2 Å². The maximum atomic E-state index is 11.4. The summed E-state index contributed by atoms with van der Waals surface area (Å²) in [6, 6.07) is 6.04.